The molecule has 6 rings (SSSR count). The zero-order valence-corrected chi connectivity index (χ0v) is 19.0. The molecule has 2 aromatic carbocycles. The van der Waals surface area contributed by atoms with E-state index in [4.69, 9.17) is 14.1 Å². The number of fused-ring (bicyclic) bond motifs is 3. The average Bonchev–Trinajstić information content (AvgIpc) is 3.60. The van der Waals surface area contributed by atoms with Crippen molar-refractivity contribution in [2.45, 2.75) is 25.8 Å². The van der Waals surface area contributed by atoms with Crippen molar-refractivity contribution >= 4 is 39.6 Å². The third kappa shape index (κ3) is 3.85. The molecule has 0 unspecified atom stereocenters. The molecule has 1 aliphatic rings. The van der Waals surface area contributed by atoms with E-state index in [0.29, 0.717) is 18.5 Å². The molecule has 5 aromatic rings. The van der Waals surface area contributed by atoms with Crippen molar-refractivity contribution in [3.05, 3.63) is 100.0 Å². The molecular weight excluding hydrogens is 442 g/mol. The van der Waals surface area contributed by atoms with Gasteiger partial charge in [0.1, 0.15) is 5.76 Å². The standard InChI is InChI=1S/C28H23N3O4/c32-27(35-16-6-14-31-24-11-4-3-10-23(24)30-28(31)33)25-20-8-1-2-9-22(20)29-26-18(12-13-21(25)26)17-19-7-5-15-34-19/h1-5,7-11,15,17H,6,12-14,16H2,(H,30,33)/b18-17+. The maximum Gasteiger partial charge on any atom is 0.339 e. The maximum absolute atomic E-state index is 13.3. The van der Waals surface area contributed by atoms with Crippen LogP contribution in [-0.2, 0) is 17.7 Å². The average molecular weight is 466 g/mol. The lowest BCUT2D eigenvalue weighted by molar-refractivity contribution is 0.0497. The van der Waals surface area contributed by atoms with Crippen molar-refractivity contribution in [3.63, 3.8) is 0 Å². The fourth-order valence-corrected chi connectivity index (χ4v) is 4.85. The van der Waals surface area contributed by atoms with Gasteiger partial charge in [-0.25, -0.2) is 14.6 Å². The summed E-state index contributed by atoms with van der Waals surface area (Å²) < 4.78 is 12.9. The van der Waals surface area contributed by atoms with Crippen LogP contribution in [0.25, 0.3) is 33.6 Å². The highest BCUT2D eigenvalue weighted by Crippen LogP contribution is 2.37. The van der Waals surface area contributed by atoms with Gasteiger partial charge >= 0.3 is 11.7 Å². The minimum absolute atomic E-state index is 0.161. The van der Waals surface area contributed by atoms with Crippen LogP contribution in [0.4, 0.5) is 0 Å². The minimum Gasteiger partial charge on any atom is -0.465 e. The van der Waals surface area contributed by atoms with E-state index in [9.17, 15) is 9.59 Å². The van der Waals surface area contributed by atoms with E-state index in [1.54, 1.807) is 10.8 Å². The highest BCUT2D eigenvalue weighted by molar-refractivity contribution is 6.07. The Labute approximate surface area is 200 Å². The quantitative estimate of drug-likeness (QED) is 0.275. The van der Waals surface area contributed by atoms with E-state index in [2.05, 4.69) is 4.98 Å². The Kier molecular flexibility index (Phi) is 5.29. The maximum atomic E-state index is 13.3. The van der Waals surface area contributed by atoms with Crippen LogP contribution in [0.15, 0.2) is 76.1 Å². The summed E-state index contributed by atoms with van der Waals surface area (Å²) in [5.41, 5.74) is 5.62. The van der Waals surface area contributed by atoms with Crippen molar-refractivity contribution in [2.75, 3.05) is 6.61 Å². The number of carbonyl (C=O) groups excluding carboxylic acids is 1. The predicted octanol–water partition coefficient (Wildman–Crippen LogP) is 5.20. The molecule has 35 heavy (non-hydrogen) atoms. The van der Waals surface area contributed by atoms with Crippen molar-refractivity contribution in [1.29, 1.82) is 0 Å². The number of esters is 1. The largest absolute Gasteiger partial charge is 0.465 e. The van der Waals surface area contributed by atoms with Gasteiger partial charge in [0.15, 0.2) is 0 Å². The van der Waals surface area contributed by atoms with E-state index in [-0.39, 0.29) is 18.3 Å². The van der Waals surface area contributed by atoms with Crippen LogP contribution in [0.2, 0.25) is 0 Å². The number of rotatable bonds is 6. The summed E-state index contributed by atoms with van der Waals surface area (Å²) in [6.07, 6.45) is 5.66. The normalized spacial score (nSPS) is 14.1. The Balaban J connectivity index is 1.25. The van der Waals surface area contributed by atoms with Gasteiger partial charge in [-0.1, -0.05) is 30.3 Å². The molecule has 3 aromatic heterocycles. The number of nitrogens with one attached hydrogen (secondary N) is 1. The number of carbonyl (C=O) groups is 1. The van der Waals surface area contributed by atoms with Crippen molar-refractivity contribution in [1.82, 2.24) is 14.5 Å². The zero-order chi connectivity index (χ0) is 23.8. The second kappa shape index (κ2) is 8.76. The Morgan fingerprint density at radius 3 is 2.83 bits per heavy atom. The molecule has 1 aliphatic carbocycles. The van der Waals surface area contributed by atoms with Gasteiger partial charge in [0.05, 0.1) is 40.7 Å². The molecule has 0 saturated carbocycles. The number of ether oxygens (including phenoxy) is 1. The van der Waals surface area contributed by atoms with Crippen molar-refractivity contribution in [2.24, 2.45) is 0 Å². The Morgan fingerprint density at radius 2 is 1.94 bits per heavy atom. The number of aromatic amines is 1. The van der Waals surface area contributed by atoms with Gasteiger partial charge in [0.25, 0.3) is 0 Å². The second-order valence-electron chi connectivity index (χ2n) is 8.60. The first-order valence-electron chi connectivity index (χ1n) is 11.7. The highest BCUT2D eigenvalue weighted by atomic mass is 16.5. The minimum atomic E-state index is -0.356. The summed E-state index contributed by atoms with van der Waals surface area (Å²) in [4.78, 5) is 33.3. The molecule has 0 amide bonds. The fraction of sp³-hybridized carbons (Fsp3) is 0.179. The number of imidazole rings is 1. The molecule has 0 spiro atoms. The Bertz CT molecular complexity index is 1640. The SMILES string of the molecule is O=C(OCCCn1c(=O)[nH]c2ccccc21)c1c2c(nc3ccccc13)/C(=C/c1ccco1)CC2. The van der Waals surface area contributed by atoms with Gasteiger partial charge in [0.2, 0.25) is 0 Å². The first-order valence-corrected chi connectivity index (χ1v) is 11.7. The lowest BCUT2D eigenvalue weighted by atomic mass is 10.0. The van der Waals surface area contributed by atoms with Crippen molar-refractivity contribution in [3.8, 4) is 0 Å². The molecule has 0 aliphatic heterocycles. The number of nitrogens with zero attached hydrogens (tertiary/aromatic N) is 2. The number of allylic oxidation sites excluding steroid dienone is 1. The van der Waals surface area contributed by atoms with Crippen LogP contribution < -0.4 is 5.69 Å². The van der Waals surface area contributed by atoms with E-state index in [0.717, 1.165) is 57.4 Å². The van der Waals surface area contributed by atoms with E-state index >= 15 is 0 Å². The van der Waals surface area contributed by atoms with Gasteiger partial charge in [-0.05, 0) is 66.8 Å². The summed E-state index contributed by atoms with van der Waals surface area (Å²) in [5.74, 6) is 0.407. The summed E-state index contributed by atoms with van der Waals surface area (Å²) >= 11 is 0. The number of pyridine rings is 1. The predicted molar refractivity (Wildman–Crippen MR) is 134 cm³/mol. The van der Waals surface area contributed by atoms with Crippen LogP contribution in [0.3, 0.4) is 0 Å². The number of aromatic nitrogens is 3. The summed E-state index contributed by atoms with van der Waals surface area (Å²) in [6, 6.07) is 19.0. The summed E-state index contributed by atoms with van der Waals surface area (Å²) in [6.45, 7) is 0.673. The molecule has 7 nitrogen and oxygen atoms in total. The van der Waals surface area contributed by atoms with Crippen molar-refractivity contribution < 1.29 is 13.9 Å². The molecule has 3 heterocycles. The number of para-hydroxylation sites is 3. The van der Waals surface area contributed by atoms with Crippen LogP contribution in [0, 0.1) is 0 Å². The third-order valence-corrected chi connectivity index (χ3v) is 6.45. The Morgan fingerprint density at radius 1 is 1.09 bits per heavy atom. The van der Waals surface area contributed by atoms with Crippen LogP contribution in [0.5, 0.6) is 0 Å². The Hall–Kier alpha value is -4.39. The molecule has 0 saturated heterocycles. The second-order valence-corrected chi connectivity index (χ2v) is 8.60. The molecule has 7 heteroatoms. The van der Waals surface area contributed by atoms with Gasteiger partial charge < -0.3 is 14.1 Å². The number of benzene rings is 2. The van der Waals surface area contributed by atoms with E-state index in [1.165, 1.54) is 0 Å². The van der Waals surface area contributed by atoms with Gasteiger partial charge in [0, 0.05) is 11.9 Å². The molecule has 0 radical (unpaired) electrons. The number of furan rings is 1. The molecular formula is C28H23N3O4. The molecule has 0 fully saturated rings. The molecule has 174 valence electrons. The lowest BCUT2D eigenvalue weighted by Gasteiger charge is -2.12. The number of hydrogen-bond acceptors (Lipinski definition) is 5. The molecule has 0 atom stereocenters. The number of aryl methyl sites for hydroxylation is 1. The van der Waals surface area contributed by atoms with Crippen LogP contribution in [-0.4, -0.2) is 27.1 Å². The van der Waals surface area contributed by atoms with E-state index in [1.807, 2.05) is 66.7 Å². The number of H-pyrrole nitrogens is 1. The first-order chi connectivity index (χ1) is 17.2. The van der Waals surface area contributed by atoms with Gasteiger partial charge in [-0.3, -0.25) is 4.57 Å². The first kappa shape index (κ1) is 21.2. The van der Waals surface area contributed by atoms with E-state index < -0.39 is 0 Å². The molecule has 1 N–H and O–H groups in total. The van der Waals surface area contributed by atoms with Crippen LogP contribution in [0.1, 0.15) is 40.2 Å². The van der Waals surface area contributed by atoms with Gasteiger partial charge in [-0.2, -0.15) is 0 Å². The summed E-state index contributed by atoms with van der Waals surface area (Å²) in [7, 11) is 0. The number of hydrogen-bond donors (Lipinski definition) is 1. The van der Waals surface area contributed by atoms with Crippen LogP contribution >= 0.6 is 0 Å². The topological polar surface area (TPSA) is 90.1 Å². The highest BCUT2D eigenvalue weighted by Gasteiger charge is 2.27. The summed E-state index contributed by atoms with van der Waals surface area (Å²) in [5, 5.41) is 0.795. The smallest absolute Gasteiger partial charge is 0.339 e. The lowest BCUT2D eigenvalue weighted by Crippen LogP contribution is -2.18. The zero-order valence-electron chi connectivity index (χ0n) is 19.0. The van der Waals surface area contributed by atoms with Gasteiger partial charge in [-0.15, -0.1) is 0 Å². The monoisotopic (exact) mass is 465 g/mol. The fourth-order valence-electron chi connectivity index (χ4n) is 4.85. The third-order valence-electron chi connectivity index (χ3n) is 6.45. The molecule has 0 bridgehead atoms.